The summed E-state index contributed by atoms with van der Waals surface area (Å²) in [7, 11) is 0. The van der Waals surface area contributed by atoms with Gasteiger partial charge in [0.2, 0.25) is 0 Å². The number of ketones is 1. The molecule has 0 aromatic heterocycles. The molecule has 0 saturated carbocycles. The first-order chi connectivity index (χ1) is 9.10. The number of ether oxygens (including phenoxy) is 3. The number of carbonyl (C=O) groups excluding carboxylic acids is 1. The van der Waals surface area contributed by atoms with Crippen molar-refractivity contribution in [3.8, 4) is 11.5 Å². The van der Waals surface area contributed by atoms with E-state index in [1.165, 1.54) is 13.0 Å². The van der Waals surface area contributed by atoms with E-state index in [-0.39, 0.29) is 23.7 Å². The minimum Gasteiger partial charge on any atom is -0.507 e. The van der Waals surface area contributed by atoms with Crippen molar-refractivity contribution >= 4 is 5.78 Å². The van der Waals surface area contributed by atoms with E-state index in [4.69, 9.17) is 14.2 Å². The summed E-state index contributed by atoms with van der Waals surface area (Å²) in [5, 5.41) is 9.67. The zero-order chi connectivity index (χ0) is 14.3. The molecule has 0 aliphatic carbocycles. The molecule has 0 spiro atoms. The van der Waals surface area contributed by atoms with Crippen LogP contribution >= 0.6 is 0 Å². The van der Waals surface area contributed by atoms with Crippen molar-refractivity contribution in [2.24, 2.45) is 0 Å². The van der Waals surface area contributed by atoms with Crippen molar-refractivity contribution in [2.75, 3.05) is 19.8 Å². The van der Waals surface area contributed by atoms with Gasteiger partial charge in [0.15, 0.2) is 12.1 Å². The third kappa shape index (κ3) is 4.54. The largest absolute Gasteiger partial charge is 0.507 e. The van der Waals surface area contributed by atoms with Gasteiger partial charge in [0.25, 0.3) is 0 Å². The number of Topliss-reactive ketones (excluding diaryl/α,β-unsaturated/α-hetero) is 1. The Labute approximate surface area is 113 Å². The van der Waals surface area contributed by atoms with Crippen molar-refractivity contribution in [3.05, 3.63) is 23.8 Å². The number of hydrogen-bond donors (Lipinski definition) is 1. The molecule has 1 N–H and O–H groups in total. The molecule has 0 fully saturated rings. The van der Waals surface area contributed by atoms with Gasteiger partial charge >= 0.3 is 0 Å². The lowest BCUT2D eigenvalue weighted by molar-refractivity contribution is -0.152. The van der Waals surface area contributed by atoms with E-state index in [0.717, 1.165) is 0 Å². The third-order valence-corrected chi connectivity index (χ3v) is 2.44. The topological polar surface area (TPSA) is 65.0 Å². The highest BCUT2D eigenvalue weighted by atomic mass is 16.7. The summed E-state index contributed by atoms with van der Waals surface area (Å²) in [6.45, 7) is 6.28. The van der Waals surface area contributed by atoms with Crippen molar-refractivity contribution in [1.82, 2.24) is 0 Å². The Morgan fingerprint density at radius 1 is 1.26 bits per heavy atom. The van der Waals surface area contributed by atoms with Crippen LogP contribution in [-0.2, 0) is 9.47 Å². The summed E-state index contributed by atoms with van der Waals surface area (Å²) >= 11 is 0. The van der Waals surface area contributed by atoms with Gasteiger partial charge in [-0.25, -0.2) is 0 Å². The Morgan fingerprint density at radius 3 is 2.42 bits per heavy atom. The molecule has 0 aliphatic heterocycles. The Bertz CT molecular complexity index is 410. The molecular formula is C14H20O5. The molecule has 0 amide bonds. The highest BCUT2D eigenvalue weighted by Gasteiger charge is 2.16. The van der Waals surface area contributed by atoms with Crippen LogP contribution in [0, 0.1) is 0 Å². The van der Waals surface area contributed by atoms with E-state index in [9.17, 15) is 9.90 Å². The smallest absolute Gasteiger partial charge is 0.191 e. The van der Waals surface area contributed by atoms with Crippen LogP contribution in [0.4, 0.5) is 0 Å². The third-order valence-electron chi connectivity index (χ3n) is 2.44. The number of carbonyl (C=O) groups is 1. The summed E-state index contributed by atoms with van der Waals surface area (Å²) in [6, 6.07) is 4.70. The second-order valence-corrected chi connectivity index (χ2v) is 3.86. The number of aromatic hydroxyl groups is 1. The fourth-order valence-electron chi connectivity index (χ4n) is 1.67. The van der Waals surface area contributed by atoms with Crippen LogP contribution in [0.3, 0.4) is 0 Å². The van der Waals surface area contributed by atoms with Crippen LogP contribution in [0.25, 0.3) is 0 Å². The molecule has 1 rings (SSSR count). The predicted octanol–water partition coefficient (Wildman–Crippen LogP) is 2.37. The lowest BCUT2D eigenvalue weighted by Crippen LogP contribution is -2.25. The van der Waals surface area contributed by atoms with Gasteiger partial charge in [0.1, 0.15) is 23.7 Å². The van der Waals surface area contributed by atoms with Crippen LogP contribution in [0.15, 0.2) is 18.2 Å². The Morgan fingerprint density at radius 2 is 1.89 bits per heavy atom. The SMILES string of the molecule is CCOC(COc1cccc(O)c1C(C)=O)OCC. The monoisotopic (exact) mass is 268 g/mol. The molecule has 5 nitrogen and oxygen atoms in total. The molecule has 0 aliphatic rings. The Kier molecular flexibility index (Phi) is 6.32. The minimum atomic E-state index is -0.489. The fraction of sp³-hybridized carbons (Fsp3) is 0.500. The number of phenols is 1. The Balaban J connectivity index is 2.76. The van der Waals surface area contributed by atoms with E-state index in [2.05, 4.69) is 0 Å². The average molecular weight is 268 g/mol. The van der Waals surface area contributed by atoms with Gasteiger partial charge in [-0.05, 0) is 32.9 Å². The molecule has 19 heavy (non-hydrogen) atoms. The van der Waals surface area contributed by atoms with E-state index in [1.807, 2.05) is 13.8 Å². The first kappa shape index (κ1) is 15.5. The minimum absolute atomic E-state index is 0.0885. The number of benzene rings is 1. The van der Waals surface area contributed by atoms with Gasteiger partial charge in [-0.15, -0.1) is 0 Å². The maximum absolute atomic E-state index is 11.5. The zero-order valence-corrected chi connectivity index (χ0v) is 11.5. The lowest BCUT2D eigenvalue weighted by atomic mass is 10.1. The molecule has 0 atom stereocenters. The van der Waals surface area contributed by atoms with E-state index < -0.39 is 6.29 Å². The zero-order valence-electron chi connectivity index (χ0n) is 11.5. The maximum Gasteiger partial charge on any atom is 0.191 e. The van der Waals surface area contributed by atoms with E-state index >= 15 is 0 Å². The summed E-state index contributed by atoms with van der Waals surface area (Å²) in [5.74, 6) is -0.0104. The van der Waals surface area contributed by atoms with E-state index in [0.29, 0.717) is 19.0 Å². The number of hydrogen-bond acceptors (Lipinski definition) is 5. The molecule has 1 aromatic carbocycles. The molecule has 0 bridgehead atoms. The van der Waals surface area contributed by atoms with Gasteiger partial charge in [-0.3, -0.25) is 4.79 Å². The molecular weight excluding hydrogens is 248 g/mol. The molecule has 0 radical (unpaired) electrons. The summed E-state index contributed by atoms with van der Waals surface area (Å²) in [4.78, 5) is 11.5. The first-order valence-corrected chi connectivity index (χ1v) is 6.29. The molecule has 0 heterocycles. The highest BCUT2D eigenvalue weighted by Crippen LogP contribution is 2.28. The molecule has 1 aromatic rings. The molecule has 0 unspecified atom stereocenters. The van der Waals surface area contributed by atoms with Crippen LogP contribution in [0.5, 0.6) is 11.5 Å². The Hall–Kier alpha value is -1.59. The normalized spacial score (nSPS) is 10.7. The molecule has 106 valence electrons. The maximum atomic E-state index is 11.5. The van der Waals surface area contributed by atoms with Crippen molar-refractivity contribution < 1.29 is 24.1 Å². The van der Waals surface area contributed by atoms with Gasteiger partial charge in [-0.1, -0.05) is 6.07 Å². The highest BCUT2D eigenvalue weighted by molar-refractivity contribution is 5.99. The molecule has 0 saturated heterocycles. The van der Waals surface area contributed by atoms with Gasteiger partial charge in [0.05, 0.1) is 0 Å². The lowest BCUT2D eigenvalue weighted by Gasteiger charge is -2.18. The number of phenolic OH excluding ortho intramolecular Hbond substituents is 1. The van der Waals surface area contributed by atoms with Crippen LogP contribution in [0.2, 0.25) is 0 Å². The van der Waals surface area contributed by atoms with Gasteiger partial charge in [-0.2, -0.15) is 0 Å². The summed E-state index contributed by atoms with van der Waals surface area (Å²) < 4.78 is 16.2. The predicted molar refractivity (Wildman–Crippen MR) is 70.6 cm³/mol. The van der Waals surface area contributed by atoms with E-state index in [1.54, 1.807) is 12.1 Å². The second-order valence-electron chi connectivity index (χ2n) is 3.86. The van der Waals surface area contributed by atoms with Crippen molar-refractivity contribution in [2.45, 2.75) is 27.1 Å². The second kappa shape index (κ2) is 7.76. The average Bonchev–Trinajstić information content (AvgIpc) is 2.36. The molecule has 5 heteroatoms. The number of rotatable bonds is 8. The fourth-order valence-corrected chi connectivity index (χ4v) is 1.67. The summed E-state index contributed by atoms with van der Waals surface area (Å²) in [5.41, 5.74) is 0.175. The summed E-state index contributed by atoms with van der Waals surface area (Å²) in [6.07, 6.45) is -0.489. The van der Waals surface area contributed by atoms with Crippen molar-refractivity contribution in [3.63, 3.8) is 0 Å². The van der Waals surface area contributed by atoms with Crippen LogP contribution < -0.4 is 4.74 Å². The van der Waals surface area contributed by atoms with Crippen molar-refractivity contribution in [1.29, 1.82) is 0 Å². The van der Waals surface area contributed by atoms with Gasteiger partial charge in [0, 0.05) is 13.2 Å². The quantitative estimate of drug-likeness (QED) is 0.579. The van der Waals surface area contributed by atoms with Gasteiger partial charge < -0.3 is 19.3 Å². The first-order valence-electron chi connectivity index (χ1n) is 6.29. The van der Waals surface area contributed by atoms with Crippen LogP contribution in [0.1, 0.15) is 31.1 Å². The van der Waals surface area contributed by atoms with Crippen LogP contribution in [-0.4, -0.2) is 37.0 Å². The standard InChI is InChI=1S/C14H20O5/c1-4-17-13(18-5-2)9-19-12-8-6-7-11(16)14(12)10(3)15/h6-8,13,16H,4-5,9H2,1-3H3.